The van der Waals surface area contributed by atoms with E-state index >= 15 is 0 Å². The molecule has 3 nitrogen and oxygen atoms in total. The van der Waals surface area contributed by atoms with Crippen molar-refractivity contribution < 1.29 is 9.69 Å². The third-order valence-corrected chi connectivity index (χ3v) is 4.13. The van der Waals surface area contributed by atoms with Crippen LogP contribution in [0, 0.1) is 11.8 Å². The summed E-state index contributed by atoms with van der Waals surface area (Å²) in [5, 5.41) is 3.55. The van der Waals surface area contributed by atoms with Crippen LogP contribution in [0.1, 0.15) is 26.7 Å². The number of carbonyl (C=O) groups is 1. The lowest BCUT2D eigenvalue weighted by molar-refractivity contribution is -0.911. The van der Waals surface area contributed by atoms with E-state index in [1.54, 1.807) is 17.0 Å². The molecule has 2 atom stereocenters. The van der Waals surface area contributed by atoms with Gasteiger partial charge in [-0.3, -0.25) is 4.79 Å². The SMILES string of the molecule is CC1CC(C)C[NH+](CCC(=O)Nc2cccc(Cl)c2)C1. The van der Waals surface area contributed by atoms with Gasteiger partial charge in [0, 0.05) is 22.5 Å². The predicted octanol–water partition coefficient (Wildman–Crippen LogP) is 2.23. The van der Waals surface area contributed by atoms with Crippen molar-refractivity contribution in [2.75, 3.05) is 25.0 Å². The molecule has 1 aromatic carbocycles. The van der Waals surface area contributed by atoms with Crippen molar-refractivity contribution in [2.24, 2.45) is 11.8 Å². The molecular weight excluding hydrogens is 272 g/mol. The zero-order chi connectivity index (χ0) is 14.5. The van der Waals surface area contributed by atoms with E-state index in [0.717, 1.165) is 24.1 Å². The van der Waals surface area contributed by atoms with E-state index in [4.69, 9.17) is 11.6 Å². The molecule has 0 radical (unpaired) electrons. The van der Waals surface area contributed by atoms with E-state index < -0.39 is 0 Å². The third kappa shape index (κ3) is 4.80. The van der Waals surface area contributed by atoms with Gasteiger partial charge >= 0.3 is 0 Å². The van der Waals surface area contributed by atoms with Gasteiger partial charge in [-0.15, -0.1) is 0 Å². The number of halogens is 1. The molecule has 1 amide bonds. The largest absolute Gasteiger partial charge is 0.334 e. The first-order valence-corrected chi connectivity index (χ1v) is 7.79. The van der Waals surface area contributed by atoms with Gasteiger partial charge in [0.2, 0.25) is 5.91 Å². The second-order valence-corrected chi connectivity index (χ2v) is 6.60. The summed E-state index contributed by atoms with van der Waals surface area (Å²) >= 11 is 5.90. The normalized spacial score (nSPS) is 26.2. The molecule has 2 rings (SSSR count). The number of quaternary nitrogens is 1. The van der Waals surface area contributed by atoms with Gasteiger partial charge in [-0.2, -0.15) is 0 Å². The maximum atomic E-state index is 12.0. The van der Waals surface area contributed by atoms with Crippen molar-refractivity contribution >= 4 is 23.2 Å². The molecule has 0 bridgehead atoms. The summed E-state index contributed by atoms with van der Waals surface area (Å²) in [7, 11) is 0. The number of carbonyl (C=O) groups excluding carboxylic acids is 1. The van der Waals surface area contributed by atoms with Crippen LogP contribution < -0.4 is 10.2 Å². The van der Waals surface area contributed by atoms with Crippen LogP contribution in [0.3, 0.4) is 0 Å². The molecule has 1 fully saturated rings. The van der Waals surface area contributed by atoms with Crippen LogP contribution in [-0.4, -0.2) is 25.5 Å². The maximum Gasteiger partial charge on any atom is 0.230 e. The van der Waals surface area contributed by atoms with Crippen LogP contribution in [0.5, 0.6) is 0 Å². The Morgan fingerprint density at radius 2 is 2.05 bits per heavy atom. The Morgan fingerprint density at radius 3 is 2.70 bits per heavy atom. The number of hydrogen-bond acceptors (Lipinski definition) is 1. The second-order valence-electron chi connectivity index (χ2n) is 6.16. The summed E-state index contributed by atoms with van der Waals surface area (Å²) in [5.41, 5.74) is 0.776. The van der Waals surface area contributed by atoms with Gasteiger partial charge < -0.3 is 10.2 Å². The monoisotopic (exact) mass is 295 g/mol. The second kappa shape index (κ2) is 7.09. The Morgan fingerprint density at radius 1 is 1.35 bits per heavy atom. The lowest BCUT2D eigenvalue weighted by Gasteiger charge is -2.31. The molecule has 110 valence electrons. The zero-order valence-corrected chi connectivity index (χ0v) is 13.0. The van der Waals surface area contributed by atoms with E-state index in [-0.39, 0.29) is 5.91 Å². The van der Waals surface area contributed by atoms with Crippen LogP contribution >= 0.6 is 11.6 Å². The van der Waals surface area contributed by atoms with E-state index in [9.17, 15) is 4.79 Å². The first-order chi connectivity index (χ1) is 9.52. The van der Waals surface area contributed by atoms with Crippen molar-refractivity contribution in [3.8, 4) is 0 Å². The predicted molar refractivity (Wildman–Crippen MR) is 83.2 cm³/mol. The number of nitrogens with one attached hydrogen (secondary N) is 2. The summed E-state index contributed by atoms with van der Waals surface area (Å²) in [4.78, 5) is 13.5. The number of piperidine rings is 1. The van der Waals surface area contributed by atoms with Crippen molar-refractivity contribution in [1.29, 1.82) is 0 Å². The highest BCUT2D eigenvalue weighted by molar-refractivity contribution is 6.30. The standard InChI is InChI=1S/C16H23ClN2O/c1-12-8-13(2)11-19(10-12)7-6-16(20)18-15-5-3-4-14(17)9-15/h3-5,9,12-13H,6-8,10-11H2,1-2H3,(H,18,20)/p+1. The fourth-order valence-electron chi connectivity index (χ4n) is 3.21. The van der Waals surface area contributed by atoms with Crippen LogP contribution in [0.2, 0.25) is 5.02 Å². The molecule has 0 aromatic heterocycles. The summed E-state index contributed by atoms with van der Waals surface area (Å²) in [6, 6.07) is 7.29. The van der Waals surface area contributed by atoms with Gasteiger partial charge in [-0.05, 0) is 24.6 Å². The Hall–Kier alpha value is -1.06. The number of amides is 1. The molecule has 2 N–H and O–H groups in total. The Balaban J connectivity index is 1.77. The summed E-state index contributed by atoms with van der Waals surface area (Å²) in [6.07, 6.45) is 1.89. The molecule has 0 aliphatic carbocycles. The number of benzene rings is 1. The molecule has 1 heterocycles. The molecule has 1 saturated heterocycles. The Kier molecular flexibility index (Phi) is 5.44. The average molecular weight is 296 g/mol. The highest BCUT2D eigenvalue weighted by Gasteiger charge is 2.25. The summed E-state index contributed by atoms with van der Waals surface area (Å²) in [6.45, 7) is 7.91. The first-order valence-electron chi connectivity index (χ1n) is 7.42. The van der Waals surface area contributed by atoms with E-state index in [0.29, 0.717) is 11.4 Å². The van der Waals surface area contributed by atoms with Gasteiger partial charge in [0.05, 0.1) is 26.1 Å². The van der Waals surface area contributed by atoms with E-state index in [2.05, 4.69) is 19.2 Å². The fourth-order valence-corrected chi connectivity index (χ4v) is 3.40. The quantitative estimate of drug-likeness (QED) is 0.877. The van der Waals surface area contributed by atoms with Crippen LogP contribution in [0.15, 0.2) is 24.3 Å². The Bertz CT molecular complexity index is 454. The third-order valence-electron chi connectivity index (χ3n) is 3.89. The topological polar surface area (TPSA) is 33.5 Å². The van der Waals surface area contributed by atoms with E-state index in [1.165, 1.54) is 19.5 Å². The minimum absolute atomic E-state index is 0.0747. The summed E-state index contributed by atoms with van der Waals surface area (Å²) in [5.74, 6) is 1.61. The number of rotatable bonds is 4. The number of likely N-dealkylation sites (tertiary alicyclic amines) is 1. The molecule has 4 heteroatoms. The molecule has 0 saturated carbocycles. The van der Waals surface area contributed by atoms with Crippen LogP contribution in [-0.2, 0) is 4.79 Å². The highest BCUT2D eigenvalue weighted by atomic mass is 35.5. The highest BCUT2D eigenvalue weighted by Crippen LogP contribution is 2.15. The molecule has 1 aliphatic rings. The zero-order valence-electron chi connectivity index (χ0n) is 12.3. The Labute approximate surface area is 126 Å². The fraction of sp³-hybridized carbons (Fsp3) is 0.562. The number of hydrogen-bond donors (Lipinski definition) is 2. The average Bonchev–Trinajstić information content (AvgIpc) is 2.35. The van der Waals surface area contributed by atoms with Crippen molar-refractivity contribution in [2.45, 2.75) is 26.7 Å². The lowest BCUT2D eigenvalue weighted by Crippen LogP contribution is -3.14. The van der Waals surface area contributed by atoms with Crippen LogP contribution in [0.4, 0.5) is 5.69 Å². The van der Waals surface area contributed by atoms with Crippen molar-refractivity contribution in [3.63, 3.8) is 0 Å². The molecular formula is C16H24ClN2O+. The van der Waals surface area contributed by atoms with Gasteiger partial charge in [0.1, 0.15) is 0 Å². The van der Waals surface area contributed by atoms with Gasteiger partial charge in [-0.25, -0.2) is 0 Å². The molecule has 1 aromatic rings. The lowest BCUT2D eigenvalue weighted by atomic mass is 9.92. The summed E-state index contributed by atoms with van der Waals surface area (Å²) < 4.78 is 0. The minimum Gasteiger partial charge on any atom is -0.334 e. The molecule has 20 heavy (non-hydrogen) atoms. The van der Waals surface area contributed by atoms with E-state index in [1.807, 2.05) is 12.1 Å². The smallest absolute Gasteiger partial charge is 0.230 e. The number of anilines is 1. The maximum absolute atomic E-state index is 12.0. The molecule has 1 aliphatic heterocycles. The van der Waals surface area contributed by atoms with Crippen molar-refractivity contribution in [1.82, 2.24) is 0 Å². The van der Waals surface area contributed by atoms with Crippen LogP contribution in [0.25, 0.3) is 0 Å². The van der Waals surface area contributed by atoms with Gasteiger partial charge in [-0.1, -0.05) is 31.5 Å². The minimum atomic E-state index is 0.0747. The van der Waals surface area contributed by atoms with Crippen molar-refractivity contribution in [3.05, 3.63) is 29.3 Å². The van der Waals surface area contributed by atoms with Gasteiger partial charge in [0.25, 0.3) is 0 Å². The first kappa shape index (κ1) is 15.3. The molecule has 0 spiro atoms. The molecule has 2 unspecified atom stereocenters. The van der Waals surface area contributed by atoms with Gasteiger partial charge in [0.15, 0.2) is 0 Å².